The largest absolute Gasteiger partial charge is 0.480 e. The molecule has 0 aliphatic rings. The van der Waals surface area contributed by atoms with Gasteiger partial charge in [-0.15, -0.1) is 5.10 Å². The molecule has 0 N–H and O–H groups in total. The van der Waals surface area contributed by atoms with Crippen LogP contribution < -0.4 is 4.74 Å². The van der Waals surface area contributed by atoms with Crippen molar-refractivity contribution in [3.8, 4) is 5.88 Å². The van der Waals surface area contributed by atoms with E-state index in [9.17, 15) is 0 Å². The third-order valence-corrected chi connectivity index (χ3v) is 3.33. The molecular formula is C7H6Br2N4OS. The van der Waals surface area contributed by atoms with Gasteiger partial charge < -0.3 is 4.74 Å². The predicted octanol–water partition coefficient (Wildman–Crippen LogP) is 2.32. The molecule has 8 heteroatoms. The van der Waals surface area contributed by atoms with Gasteiger partial charge in [0.25, 0.3) is 0 Å². The van der Waals surface area contributed by atoms with E-state index in [1.54, 1.807) is 11.8 Å². The Morgan fingerprint density at radius 2 is 2.33 bits per heavy atom. The molecule has 0 saturated carbocycles. The summed E-state index contributed by atoms with van der Waals surface area (Å²) >= 11 is 7.90. The molecule has 0 fully saturated rings. The van der Waals surface area contributed by atoms with Gasteiger partial charge in [0, 0.05) is 6.07 Å². The quantitative estimate of drug-likeness (QED) is 0.849. The average Bonchev–Trinajstić information content (AvgIpc) is 2.75. The molecule has 0 spiro atoms. The second kappa shape index (κ2) is 4.58. The molecule has 2 aromatic heterocycles. The first kappa shape index (κ1) is 11.0. The van der Waals surface area contributed by atoms with E-state index in [1.165, 1.54) is 11.5 Å². The van der Waals surface area contributed by atoms with Crippen LogP contribution in [0.2, 0.25) is 0 Å². The second-order valence-electron chi connectivity index (χ2n) is 2.64. The van der Waals surface area contributed by atoms with Gasteiger partial charge in [0.05, 0.1) is 18.5 Å². The van der Waals surface area contributed by atoms with Crippen molar-refractivity contribution in [1.82, 2.24) is 19.1 Å². The Morgan fingerprint density at radius 3 is 2.87 bits per heavy atom. The van der Waals surface area contributed by atoms with Crippen LogP contribution in [-0.4, -0.2) is 26.2 Å². The fourth-order valence-electron chi connectivity index (χ4n) is 1.01. The summed E-state index contributed by atoms with van der Waals surface area (Å²) < 4.78 is 12.1. The van der Waals surface area contributed by atoms with Crippen molar-refractivity contribution >= 4 is 43.4 Å². The zero-order valence-corrected chi connectivity index (χ0v) is 11.6. The molecule has 5 nitrogen and oxygen atoms in total. The van der Waals surface area contributed by atoms with E-state index in [0.29, 0.717) is 21.9 Å². The second-order valence-corrected chi connectivity index (χ2v) is 4.95. The van der Waals surface area contributed by atoms with Gasteiger partial charge in [0.2, 0.25) is 10.6 Å². The smallest absolute Gasteiger partial charge is 0.225 e. The standard InChI is InChI=1S/C7H6Br2N4OS/c1-14-5-2-4(15-12-5)3-13-7(9)10-6(8)11-13/h2H,3H2,1H3. The molecule has 0 unspecified atom stereocenters. The summed E-state index contributed by atoms with van der Waals surface area (Å²) in [5.74, 6) is 0.630. The van der Waals surface area contributed by atoms with Gasteiger partial charge in [-0.3, -0.25) is 0 Å². The summed E-state index contributed by atoms with van der Waals surface area (Å²) in [5.41, 5.74) is 0. The molecule has 0 aliphatic heterocycles. The number of nitrogens with zero attached hydrogens (tertiary/aromatic N) is 4. The van der Waals surface area contributed by atoms with Crippen LogP contribution in [0.15, 0.2) is 15.5 Å². The Morgan fingerprint density at radius 1 is 1.53 bits per heavy atom. The maximum absolute atomic E-state index is 5.00. The highest BCUT2D eigenvalue weighted by atomic mass is 79.9. The Hall–Kier alpha value is -0.470. The highest BCUT2D eigenvalue weighted by Gasteiger charge is 2.08. The lowest BCUT2D eigenvalue weighted by atomic mass is 10.5. The van der Waals surface area contributed by atoms with Crippen molar-refractivity contribution in [2.24, 2.45) is 0 Å². The molecule has 0 atom stereocenters. The number of aromatic nitrogens is 4. The summed E-state index contributed by atoms with van der Waals surface area (Å²) in [6, 6.07) is 1.88. The van der Waals surface area contributed by atoms with Crippen LogP contribution in [0.5, 0.6) is 5.88 Å². The number of hydrogen-bond donors (Lipinski definition) is 0. The molecule has 0 radical (unpaired) electrons. The minimum absolute atomic E-state index is 0.561. The van der Waals surface area contributed by atoms with Gasteiger partial charge in [0.15, 0.2) is 4.73 Å². The molecule has 80 valence electrons. The number of methoxy groups -OCH3 is 1. The predicted molar refractivity (Wildman–Crippen MR) is 63.2 cm³/mol. The van der Waals surface area contributed by atoms with E-state index in [0.717, 1.165) is 4.88 Å². The van der Waals surface area contributed by atoms with Crippen molar-refractivity contribution < 1.29 is 4.74 Å². The number of ether oxygens (including phenoxy) is 1. The van der Waals surface area contributed by atoms with Crippen LogP contribution in [0.1, 0.15) is 4.88 Å². The van der Waals surface area contributed by atoms with E-state index >= 15 is 0 Å². The van der Waals surface area contributed by atoms with Crippen molar-refractivity contribution in [2.45, 2.75) is 6.54 Å². The summed E-state index contributed by atoms with van der Waals surface area (Å²) in [6.45, 7) is 0.625. The molecule has 0 bridgehead atoms. The molecule has 2 heterocycles. The lowest BCUT2D eigenvalue weighted by Gasteiger charge is -1.96. The maximum Gasteiger partial charge on any atom is 0.225 e. The third-order valence-electron chi connectivity index (χ3n) is 1.65. The fraction of sp³-hybridized carbons (Fsp3) is 0.286. The number of rotatable bonds is 3. The van der Waals surface area contributed by atoms with E-state index < -0.39 is 0 Å². The van der Waals surface area contributed by atoms with E-state index in [2.05, 4.69) is 46.3 Å². The van der Waals surface area contributed by atoms with Crippen LogP contribution in [0.25, 0.3) is 0 Å². The Labute approximate surface area is 107 Å². The van der Waals surface area contributed by atoms with Gasteiger partial charge >= 0.3 is 0 Å². The van der Waals surface area contributed by atoms with Crippen LogP contribution >= 0.6 is 43.4 Å². The van der Waals surface area contributed by atoms with Gasteiger partial charge in [-0.1, -0.05) is 0 Å². The van der Waals surface area contributed by atoms with Crippen LogP contribution in [-0.2, 0) is 6.54 Å². The topological polar surface area (TPSA) is 52.8 Å². The van der Waals surface area contributed by atoms with Crippen LogP contribution in [0, 0.1) is 0 Å². The SMILES string of the molecule is COc1cc(Cn2nc(Br)nc2Br)sn1. The first-order valence-electron chi connectivity index (χ1n) is 3.94. The summed E-state index contributed by atoms with van der Waals surface area (Å²) in [6.07, 6.45) is 0. The molecular weight excluding hydrogens is 348 g/mol. The zero-order valence-electron chi connectivity index (χ0n) is 7.65. The van der Waals surface area contributed by atoms with E-state index in [4.69, 9.17) is 4.74 Å². The van der Waals surface area contributed by atoms with Crippen LogP contribution in [0.3, 0.4) is 0 Å². The lowest BCUT2D eigenvalue weighted by Crippen LogP contribution is -2.00. The first-order valence-corrected chi connectivity index (χ1v) is 6.30. The van der Waals surface area contributed by atoms with E-state index in [1.807, 2.05) is 6.07 Å². The molecule has 0 aromatic carbocycles. The fourth-order valence-corrected chi connectivity index (χ4v) is 2.65. The van der Waals surface area contributed by atoms with Crippen molar-refractivity contribution in [2.75, 3.05) is 7.11 Å². The minimum Gasteiger partial charge on any atom is -0.480 e. The van der Waals surface area contributed by atoms with Crippen molar-refractivity contribution in [1.29, 1.82) is 0 Å². The van der Waals surface area contributed by atoms with Crippen LogP contribution in [0.4, 0.5) is 0 Å². The highest BCUT2D eigenvalue weighted by Crippen LogP contribution is 2.19. The monoisotopic (exact) mass is 352 g/mol. The summed E-state index contributed by atoms with van der Waals surface area (Å²) in [4.78, 5) is 5.13. The zero-order chi connectivity index (χ0) is 10.8. The summed E-state index contributed by atoms with van der Waals surface area (Å²) in [7, 11) is 1.60. The minimum atomic E-state index is 0.561. The molecule has 0 amide bonds. The molecule has 15 heavy (non-hydrogen) atoms. The maximum atomic E-state index is 5.00. The number of hydrogen-bond acceptors (Lipinski definition) is 5. The Bertz CT molecular complexity index is 469. The van der Waals surface area contributed by atoms with Gasteiger partial charge in [-0.05, 0) is 43.4 Å². The molecule has 2 rings (SSSR count). The van der Waals surface area contributed by atoms with Gasteiger partial charge in [-0.2, -0.15) is 9.36 Å². The Kier molecular flexibility index (Phi) is 3.37. The van der Waals surface area contributed by atoms with Gasteiger partial charge in [0.1, 0.15) is 0 Å². The van der Waals surface area contributed by atoms with Gasteiger partial charge in [-0.25, -0.2) is 4.68 Å². The van der Waals surface area contributed by atoms with Crippen molar-refractivity contribution in [3.05, 3.63) is 20.4 Å². The normalized spacial score (nSPS) is 10.6. The van der Waals surface area contributed by atoms with Crippen molar-refractivity contribution in [3.63, 3.8) is 0 Å². The molecule has 2 aromatic rings. The molecule has 0 saturated heterocycles. The lowest BCUT2D eigenvalue weighted by molar-refractivity contribution is 0.402. The average molecular weight is 354 g/mol. The number of halogens is 2. The third kappa shape index (κ3) is 2.56. The molecule has 0 aliphatic carbocycles. The first-order chi connectivity index (χ1) is 7.19. The Balaban J connectivity index is 2.17. The van der Waals surface area contributed by atoms with E-state index in [-0.39, 0.29) is 0 Å². The highest BCUT2D eigenvalue weighted by molar-refractivity contribution is 9.11. The summed E-state index contributed by atoms with van der Waals surface area (Å²) in [5, 5.41) is 4.15.